The molecule has 0 radical (unpaired) electrons. The molecule has 1 aliphatic heterocycles. The van der Waals surface area contributed by atoms with Crippen molar-refractivity contribution in [2.45, 2.75) is 57.8 Å². The highest BCUT2D eigenvalue weighted by atomic mass is 16.1. The van der Waals surface area contributed by atoms with Crippen LogP contribution in [0, 0.1) is 11.8 Å². The Morgan fingerprint density at radius 1 is 1.04 bits per heavy atom. The minimum Gasteiger partial charge on any atom is -0.356 e. The van der Waals surface area contributed by atoms with Gasteiger partial charge in [0.2, 0.25) is 11.9 Å². The maximum Gasteiger partial charge on any atom is 0.225 e. The quantitative estimate of drug-likeness (QED) is 0.921. The van der Waals surface area contributed by atoms with Crippen LogP contribution < -0.4 is 10.2 Å². The van der Waals surface area contributed by atoms with Crippen LogP contribution in [0.4, 0.5) is 5.95 Å². The van der Waals surface area contributed by atoms with Crippen LogP contribution in [0.2, 0.25) is 0 Å². The summed E-state index contributed by atoms with van der Waals surface area (Å²) in [4.78, 5) is 23.4. The van der Waals surface area contributed by atoms with Crippen molar-refractivity contribution < 1.29 is 4.79 Å². The molecule has 0 spiro atoms. The molecule has 0 unspecified atom stereocenters. The van der Waals surface area contributed by atoms with Crippen molar-refractivity contribution in [1.29, 1.82) is 0 Å². The van der Waals surface area contributed by atoms with E-state index in [-0.39, 0.29) is 11.8 Å². The zero-order chi connectivity index (χ0) is 16.6. The number of anilines is 1. The van der Waals surface area contributed by atoms with Crippen LogP contribution in [0.3, 0.4) is 0 Å². The number of piperidine rings is 1. The van der Waals surface area contributed by atoms with Gasteiger partial charge in [0.1, 0.15) is 0 Å². The Balaban J connectivity index is 1.47. The average Bonchev–Trinajstić information content (AvgIpc) is 2.61. The van der Waals surface area contributed by atoms with Crippen LogP contribution in [0.5, 0.6) is 0 Å². The van der Waals surface area contributed by atoms with E-state index >= 15 is 0 Å². The van der Waals surface area contributed by atoms with Crippen molar-refractivity contribution in [3.8, 4) is 0 Å². The molecule has 24 heavy (non-hydrogen) atoms. The molecule has 3 rings (SSSR count). The van der Waals surface area contributed by atoms with Crippen LogP contribution in [0.1, 0.15) is 57.8 Å². The van der Waals surface area contributed by atoms with E-state index in [1.54, 1.807) is 12.4 Å². The molecule has 2 fully saturated rings. The predicted octanol–water partition coefficient (Wildman–Crippen LogP) is 3.17. The summed E-state index contributed by atoms with van der Waals surface area (Å²) in [6, 6.07) is 1.83. The number of nitrogens with one attached hydrogen (secondary N) is 1. The molecule has 1 aromatic rings. The van der Waals surface area contributed by atoms with Crippen LogP contribution in [0.15, 0.2) is 18.5 Å². The lowest BCUT2D eigenvalue weighted by Crippen LogP contribution is -2.44. The summed E-state index contributed by atoms with van der Waals surface area (Å²) in [6.45, 7) is 2.54. The maximum atomic E-state index is 12.6. The monoisotopic (exact) mass is 330 g/mol. The number of hydrogen-bond donors (Lipinski definition) is 1. The molecule has 1 atom stereocenters. The van der Waals surface area contributed by atoms with Crippen molar-refractivity contribution in [2.24, 2.45) is 11.8 Å². The lowest BCUT2D eigenvalue weighted by atomic mass is 9.90. The number of hydrogen-bond acceptors (Lipinski definition) is 4. The Morgan fingerprint density at radius 3 is 2.50 bits per heavy atom. The highest BCUT2D eigenvalue weighted by Crippen LogP contribution is 2.23. The third-order valence-corrected chi connectivity index (χ3v) is 5.42. The molecular weight excluding hydrogens is 300 g/mol. The molecule has 1 saturated carbocycles. The van der Waals surface area contributed by atoms with E-state index in [9.17, 15) is 4.79 Å². The summed E-state index contributed by atoms with van der Waals surface area (Å²) in [6.07, 6.45) is 14.8. The van der Waals surface area contributed by atoms with Gasteiger partial charge in [0.05, 0.1) is 5.92 Å². The Bertz CT molecular complexity index is 499. The van der Waals surface area contributed by atoms with E-state index in [4.69, 9.17) is 0 Å². The molecule has 0 aromatic carbocycles. The van der Waals surface area contributed by atoms with Gasteiger partial charge in [-0.25, -0.2) is 9.97 Å². The van der Waals surface area contributed by atoms with Gasteiger partial charge in [0.15, 0.2) is 0 Å². The first-order valence-electron chi connectivity index (χ1n) is 9.62. The number of carbonyl (C=O) groups is 1. The van der Waals surface area contributed by atoms with Gasteiger partial charge in [-0.15, -0.1) is 0 Å². The molecule has 132 valence electrons. The molecule has 5 heteroatoms. The fourth-order valence-corrected chi connectivity index (χ4v) is 3.96. The number of carbonyl (C=O) groups excluding carboxylic acids is 1. The maximum absolute atomic E-state index is 12.6. The zero-order valence-electron chi connectivity index (χ0n) is 14.6. The summed E-state index contributed by atoms with van der Waals surface area (Å²) in [5.74, 6) is 1.70. The minimum atomic E-state index is 0.0658. The molecule has 1 amide bonds. The van der Waals surface area contributed by atoms with Crippen LogP contribution in [-0.2, 0) is 4.79 Å². The zero-order valence-corrected chi connectivity index (χ0v) is 14.6. The molecule has 2 aliphatic rings. The second-order valence-electron chi connectivity index (χ2n) is 7.29. The first-order valence-corrected chi connectivity index (χ1v) is 9.62. The summed E-state index contributed by atoms with van der Waals surface area (Å²) in [7, 11) is 0. The summed E-state index contributed by atoms with van der Waals surface area (Å²) in [5.41, 5.74) is 0. The van der Waals surface area contributed by atoms with E-state index in [2.05, 4.69) is 20.2 Å². The molecule has 1 saturated heterocycles. The van der Waals surface area contributed by atoms with Gasteiger partial charge in [0.25, 0.3) is 0 Å². The normalized spacial score (nSPS) is 23.3. The lowest BCUT2D eigenvalue weighted by Gasteiger charge is -2.32. The number of nitrogens with zero attached hydrogens (tertiary/aromatic N) is 3. The van der Waals surface area contributed by atoms with Crippen molar-refractivity contribution in [3.05, 3.63) is 18.5 Å². The van der Waals surface area contributed by atoms with Gasteiger partial charge in [-0.05, 0) is 37.7 Å². The van der Waals surface area contributed by atoms with E-state index < -0.39 is 0 Å². The third-order valence-electron chi connectivity index (χ3n) is 5.42. The Labute approximate surface area is 145 Å². The van der Waals surface area contributed by atoms with E-state index in [0.717, 1.165) is 38.4 Å². The molecule has 2 heterocycles. The third kappa shape index (κ3) is 4.92. The molecule has 0 bridgehead atoms. The Hall–Kier alpha value is -1.65. The highest BCUT2D eigenvalue weighted by molar-refractivity contribution is 5.79. The molecule has 1 aromatic heterocycles. The minimum absolute atomic E-state index is 0.0658. The largest absolute Gasteiger partial charge is 0.356 e. The van der Waals surface area contributed by atoms with Gasteiger partial charge in [-0.3, -0.25) is 4.79 Å². The van der Waals surface area contributed by atoms with Crippen LogP contribution >= 0.6 is 0 Å². The first kappa shape index (κ1) is 17.2. The van der Waals surface area contributed by atoms with E-state index in [1.807, 2.05) is 6.07 Å². The lowest BCUT2D eigenvalue weighted by molar-refractivity contribution is -0.125. The SMILES string of the molecule is O=C(NCC1CCCCCCC1)[C@H]1CCCN(c2ncccn2)C1. The molecule has 1 N–H and O–H groups in total. The second-order valence-corrected chi connectivity index (χ2v) is 7.29. The van der Waals surface area contributed by atoms with E-state index in [1.165, 1.54) is 44.9 Å². The Kier molecular flexibility index (Phi) is 6.44. The second kappa shape index (κ2) is 9.00. The van der Waals surface area contributed by atoms with Gasteiger partial charge in [-0.2, -0.15) is 0 Å². The van der Waals surface area contributed by atoms with Crippen molar-refractivity contribution >= 4 is 11.9 Å². The molecule has 1 aliphatic carbocycles. The highest BCUT2D eigenvalue weighted by Gasteiger charge is 2.27. The average molecular weight is 330 g/mol. The van der Waals surface area contributed by atoms with Gasteiger partial charge in [-0.1, -0.05) is 32.1 Å². The fraction of sp³-hybridized carbons (Fsp3) is 0.737. The summed E-state index contributed by atoms with van der Waals surface area (Å²) in [5, 5.41) is 3.24. The Morgan fingerprint density at radius 2 is 1.75 bits per heavy atom. The fourth-order valence-electron chi connectivity index (χ4n) is 3.96. The van der Waals surface area contributed by atoms with Crippen LogP contribution in [-0.4, -0.2) is 35.5 Å². The van der Waals surface area contributed by atoms with Crippen molar-refractivity contribution in [1.82, 2.24) is 15.3 Å². The topological polar surface area (TPSA) is 58.1 Å². The molecular formula is C19H30N4O. The van der Waals surface area contributed by atoms with Gasteiger partial charge in [0, 0.05) is 32.0 Å². The molecule has 5 nitrogen and oxygen atoms in total. The summed E-state index contributed by atoms with van der Waals surface area (Å²) >= 11 is 0. The first-order chi connectivity index (χ1) is 11.8. The summed E-state index contributed by atoms with van der Waals surface area (Å²) < 4.78 is 0. The predicted molar refractivity (Wildman–Crippen MR) is 95.8 cm³/mol. The standard InChI is InChI=1S/C19H30N4O/c24-18(22-14-16-8-4-2-1-3-5-9-16)17-10-6-13-23(15-17)19-20-11-7-12-21-19/h7,11-12,16-17H,1-6,8-10,13-15H2,(H,22,24)/t17-/m0/s1. The van der Waals surface area contributed by atoms with E-state index in [0.29, 0.717) is 5.92 Å². The number of aromatic nitrogens is 2. The van der Waals surface area contributed by atoms with Gasteiger partial charge >= 0.3 is 0 Å². The van der Waals surface area contributed by atoms with Crippen molar-refractivity contribution in [2.75, 3.05) is 24.5 Å². The van der Waals surface area contributed by atoms with Crippen molar-refractivity contribution in [3.63, 3.8) is 0 Å². The smallest absolute Gasteiger partial charge is 0.225 e. The van der Waals surface area contributed by atoms with Crippen LogP contribution in [0.25, 0.3) is 0 Å². The number of amides is 1. The van der Waals surface area contributed by atoms with Gasteiger partial charge < -0.3 is 10.2 Å². The number of rotatable bonds is 4.